The van der Waals surface area contributed by atoms with Crippen LogP contribution in [0.3, 0.4) is 0 Å². The largest absolute Gasteiger partial charge is 0.392 e. The number of carbonyl (C=O) groups is 1. The number of aliphatic hydroxyl groups excluding tert-OH is 1. The summed E-state index contributed by atoms with van der Waals surface area (Å²) in [5.41, 5.74) is 1.53. The predicted molar refractivity (Wildman–Crippen MR) is 66.6 cm³/mol. The lowest BCUT2D eigenvalue weighted by Gasteiger charge is -2.07. The van der Waals surface area contributed by atoms with Crippen molar-refractivity contribution in [2.24, 2.45) is 5.92 Å². The van der Waals surface area contributed by atoms with Crippen molar-refractivity contribution in [3.8, 4) is 0 Å². The van der Waals surface area contributed by atoms with Gasteiger partial charge in [-0.2, -0.15) is 0 Å². The van der Waals surface area contributed by atoms with Crippen LogP contribution in [-0.2, 0) is 11.4 Å². The average molecular weight is 234 g/mol. The van der Waals surface area contributed by atoms with Gasteiger partial charge >= 0.3 is 0 Å². The smallest absolute Gasteiger partial charge is 0.238 e. The van der Waals surface area contributed by atoms with Crippen LogP contribution in [0.1, 0.15) is 18.4 Å². The second-order valence-electron chi connectivity index (χ2n) is 4.48. The number of rotatable bonds is 6. The molecule has 4 nitrogen and oxygen atoms in total. The molecular weight excluding hydrogens is 216 g/mol. The highest BCUT2D eigenvalue weighted by Crippen LogP contribution is 2.27. The van der Waals surface area contributed by atoms with Crippen LogP contribution in [0.2, 0.25) is 0 Å². The molecule has 1 aliphatic rings. The lowest BCUT2D eigenvalue weighted by Crippen LogP contribution is -2.29. The minimum atomic E-state index is -0.0410. The normalized spacial score (nSPS) is 14.6. The summed E-state index contributed by atoms with van der Waals surface area (Å²) < 4.78 is 0. The molecule has 2 rings (SSSR count). The van der Waals surface area contributed by atoms with Gasteiger partial charge in [0.15, 0.2) is 0 Å². The van der Waals surface area contributed by atoms with E-state index in [1.165, 1.54) is 12.8 Å². The van der Waals surface area contributed by atoms with Crippen LogP contribution in [0, 0.1) is 5.92 Å². The number of aliphatic hydroxyl groups is 1. The maximum atomic E-state index is 11.6. The van der Waals surface area contributed by atoms with Gasteiger partial charge in [0, 0.05) is 5.69 Å². The zero-order valence-corrected chi connectivity index (χ0v) is 9.78. The summed E-state index contributed by atoms with van der Waals surface area (Å²) in [5.74, 6) is 0.737. The van der Waals surface area contributed by atoms with Crippen LogP contribution in [0.25, 0.3) is 0 Å². The van der Waals surface area contributed by atoms with Crippen molar-refractivity contribution in [2.75, 3.05) is 18.4 Å². The molecule has 0 heterocycles. The van der Waals surface area contributed by atoms with E-state index in [9.17, 15) is 4.79 Å². The molecule has 0 atom stereocenters. The third-order valence-electron chi connectivity index (χ3n) is 2.81. The minimum absolute atomic E-state index is 0.0103. The van der Waals surface area contributed by atoms with Gasteiger partial charge in [-0.1, -0.05) is 12.1 Å². The Kier molecular flexibility index (Phi) is 4.12. The van der Waals surface area contributed by atoms with Crippen LogP contribution in [0.15, 0.2) is 24.3 Å². The summed E-state index contributed by atoms with van der Waals surface area (Å²) in [6.45, 7) is 1.27. The lowest BCUT2D eigenvalue weighted by molar-refractivity contribution is -0.115. The van der Waals surface area contributed by atoms with Crippen molar-refractivity contribution in [2.45, 2.75) is 19.4 Å². The van der Waals surface area contributed by atoms with Crippen LogP contribution < -0.4 is 10.6 Å². The second-order valence-corrected chi connectivity index (χ2v) is 4.48. The first-order valence-corrected chi connectivity index (χ1v) is 5.98. The van der Waals surface area contributed by atoms with Crippen LogP contribution in [0.4, 0.5) is 5.69 Å². The van der Waals surface area contributed by atoms with Gasteiger partial charge in [-0.05, 0) is 43.0 Å². The number of hydrogen-bond acceptors (Lipinski definition) is 3. The van der Waals surface area contributed by atoms with E-state index in [1.54, 1.807) is 6.07 Å². The second kappa shape index (κ2) is 5.80. The molecule has 0 unspecified atom stereocenters. The summed E-state index contributed by atoms with van der Waals surface area (Å²) in [5, 5.41) is 14.9. The standard InChI is InChI=1S/C13H18N2O2/c16-9-11-2-1-3-12(6-11)15-13(17)8-14-7-10-4-5-10/h1-3,6,10,14,16H,4-5,7-9H2,(H,15,17). The van der Waals surface area contributed by atoms with Gasteiger partial charge < -0.3 is 15.7 Å². The Hall–Kier alpha value is -1.39. The number of amides is 1. The van der Waals surface area contributed by atoms with Gasteiger partial charge in [-0.15, -0.1) is 0 Å². The average Bonchev–Trinajstić information content (AvgIpc) is 3.13. The summed E-state index contributed by atoms with van der Waals surface area (Å²) in [6, 6.07) is 7.23. The summed E-state index contributed by atoms with van der Waals surface area (Å²) in [7, 11) is 0. The summed E-state index contributed by atoms with van der Waals surface area (Å²) in [4.78, 5) is 11.6. The van der Waals surface area contributed by atoms with Gasteiger partial charge in [0.2, 0.25) is 5.91 Å². The van der Waals surface area contributed by atoms with E-state index < -0.39 is 0 Å². The van der Waals surface area contributed by atoms with Gasteiger partial charge in [-0.25, -0.2) is 0 Å². The Morgan fingerprint density at radius 2 is 2.24 bits per heavy atom. The van der Waals surface area contributed by atoms with Crippen molar-refractivity contribution < 1.29 is 9.90 Å². The first kappa shape index (κ1) is 12.1. The van der Waals surface area contributed by atoms with Crippen LogP contribution in [-0.4, -0.2) is 24.1 Å². The van der Waals surface area contributed by atoms with Crippen molar-refractivity contribution >= 4 is 11.6 Å². The summed E-state index contributed by atoms with van der Waals surface area (Å²) in [6.07, 6.45) is 2.57. The molecule has 0 spiro atoms. The highest BCUT2D eigenvalue weighted by molar-refractivity contribution is 5.92. The van der Waals surface area contributed by atoms with E-state index in [2.05, 4.69) is 10.6 Å². The molecule has 1 amide bonds. The maximum Gasteiger partial charge on any atom is 0.238 e. The Morgan fingerprint density at radius 1 is 1.41 bits per heavy atom. The molecular formula is C13H18N2O2. The summed E-state index contributed by atoms with van der Waals surface area (Å²) >= 11 is 0. The van der Waals surface area contributed by atoms with Gasteiger partial charge in [-0.3, -0.25) is 4.79 Å². The Morgan fingerprint density at radius 3 is 2.94 bits per heavy atom. The van der Waals surface area contributed by atoms with Crippen LogP contribution in [0.5, 0.6) is 0 Å². The monoisotopic (exact) mass is 234 g/mol. The van der Waals surface area contributed by atoms with Crippen LogP contribution >= 0.6 is 0 Å². The number of nitrogens with one attached hydrogen (secondary N) is 2. The van der Waals surface area contributed by atoms with E-state index >= 15 is 0 Å². The van der Waals surface area contributed by atoms with E-state index in [1.807, 2.05) is 18.2 Å². The molecule has 0 bridgehead atoms. The molecule has 1 fully saturated rings. The van der Waals surface area contributed by atoms with Crippen molar-refractivity contribution in [3.05, 3.63) is 29.8 Å². The lowest BCUT2D eigenvalue weighted by atomic mass is 10.2. The minimum Gasteiger partial charge on any atom is -0.392 e. The molecule has 92 valence electrons. The number of anilines is 1. The molecule has 0 aromatic heterocycles. The highest BCUT2D eigenvalue weighted by atomic mass is 16.3. The Bertz CT molecular complexity index is 389. The fourth-order valence-electron chi connectivity index (χ4n) is 1.66. The zero-order valence-electron chi connectivity index (χ0n) is 9.78. The molecule has 3 N–H and O–H groups in total. The topological polar surface area (TPSA) is 61.4 Å². The number of benzene rings is 1. The highest BCUT2D eigenvalue weighted by Gasteiger charge is 2.20. The quantitative estimate of drug-likeness (QED) is 0.691. The molecule has 1 aromatic carbocycles. The van der Waals surface area contributed by atoms with E-state index in [-0.39, 0.29) is 12.5 Å². The molecule has 1 aromatic rings. The Labute approximate surface area is 101 Å². The third-order valence-corrected chi connectivity index (χ3v) is 2.81. The number of carbonyl (C=O) groups excluding carboxylic acids is 1. The zero-order chi connectivity index (χ0) is 12.1. The fourth-order valence-corrected chi connectivity index (χ4v) is 1.66. The third kappa shape index (κ3) is 4.17. The van der Waals surface area contributed by atoms with Gasteiger partial charge in [0.05, 0.1) is 13.2 Å². The maximum absolute atomic E-state index is 11.6. The van der Waals surface area contributed by atoms with E-state index in [4.69, 9.17) is 5.11 Å². The SMILES string of the molecule is O=C(CNCC1CC1)Nc1cccc(CO)c1. The molecule has 0 saturated heterocycles. The molecule has 4 heteroatoms. The van der Waals surface area contributed by atoms with Gasteiger partial charge in [0.1, 0.15) is 0 Å². The predicted octanol–water partition coefficient (Wildman–Crippen LogP) is 1.12. The molecule has 1 aliphatic carbocycles. The fraction of sp³-hybridized carbons (Fsp3) is 0.462. The van der Waals surface area contributed by atoms with Gasteiger partial charge in [0.25, 0.3) is 0 Å². The van der Waals surface area contributed by atoms with Crippen molar-refractivity contribution in [1.29, 1.82) is 0 Å². The molecule has 0 radical (unpaired) electrons. The molecule has 0 aliphatic heterocycles. The Balaban J connectivity index is 1.75. The van der Waals surface area contributed by atoms with Crippen molar-refractivity contribution in [1.82, 2.24) is 5.32 Å². The van der Waals surface area contributed by atoms with Crippen molar-refractivity contribution in [3.63, 3.8) is 0 Å². The molecule has 1 saturated carbocycles. The number of hydrogen-bond donors (Lipinski definition) is 3. The van der Waals surface area contributed by atoms with E-state index in [0.29, 0.717) is 6.54 Å². The first-order chi connectivity index (χ1) is 8.28. The van der Waals surface area contributed by atoms with E-state index in [0.717, 1.165) is 23.7 Å². The molecule has 17 heavy (non-hydrogen) atoms. The first-order valence-electron chi connectivity index (χ1n) is 5.98.